The minimum atomic E-state index is -0.888. The lowest BCUT2D eigenvalue weighted by Gasteiger charge is -2.30. The van der Waals surface area contributed by atoms with Crippen LogP contribution in [0.1, 0.15) is 20.8 Å². The van der Waals surface area contributed by atoms with E-state index in [0.717, 1.165) is 0 Å². The summed E-state index contributed by atoms with van der Waals surface area (Å²) in [6.07, 6.45) is 0. The molecule has 90 valence electrons. The number of alkyl halides is 1. The second-order valence-electron chi connectivity index (χ2n) is 4.58. The van der Waals surface area contributed by atoms with Gasteiger partial charge in [-0.25, -0.2) is 4.79 Å². The molecule has 2 unspecified atom stereocenters. The van der Waals surface area contributed by atoms with Crippen LogP contribution in [0.2, 0.25) is 0 Å². The number of halogens is 1. The third-order valence-corrected chi connectivity index (χ3v) is 2.79. The van der Waals surface area contributed by atoms with E-state index in [0.29, 0.717) is 0 Å². The summed E-state index contributed by atoms with van der Waals surface area (Å²) in [4.78, 5) is 33.4. The van der Waals surface area contributed by atoms with Crippen LogP contribution in [-0.2, 0) is 9.59 Å². The van der Waals surface area contributed by atoms with Crippen LogP contribution in [0.3, 0.4) is 0 Å². The van der Waals surface area contributed by atoms with Gasteiger partial charge in [-0.2, -0.15) is 0 Å². The molecule has 0 saturated carbocycles. The highest BCUT2D eigenvalue weighted by Gasteiger charge is 2.38. The predicted octanol–water partition coefficient (Wildman–Crippen LogP) is -0.127. The summed E-state index contributed by atoms with van der Waals surface area (Å²) >= 11 is 3.07. The number of hydrogen-bond acceptors (Lipinski definition) is 3. The maximum absolute atomic E-state index is 11.8. The summed E-state index contributed by atoms with van der Waals surface area (Å²) in [6.45, 7) is 5.45. The van der Waals surface area contributed by atoms with Crippen molar-refractivity contribution in [2.45, 2.75) is 37.2 Å². The van der Waals surface area contributed by atoms with Gasteiger partial charge in [0.2, 0.25) is 11.8 Å². The molecular weight excluding hydrogens is 278 g/mol. The van der Waals surface area contributed by atoms with Crippen molar-refractivity contribution in [3.63, 3.8) is 0 Å². The Hall–Kier alpha value is -1.11. The van der Waals surface area contributed by atoms with Gasteiger partial charge in [-0.15, -0.1) is 0 Å². The molecule has 0 aromatic rings. The highest BCUT2D eigenvalue weighted by Crippen LogP contribution is 2.11. The molecule has 2 atom stereocenters. The van der Waals surface area contributed by atoms with E-state index in [4.69, 9.17) is 0 Å². The standard InChI is InChI=1S/C9H14BrN3O3/c1-9(2,3)13-7(15)5-4(10)6(14)12-8(16)11-5/h4-5H,1-3H3,(H,13,15)(H2,11,12,14,16). The molecular formula is C9H14BrN3O3. The lowest BCUT2D eigenvalue weighted by atomic mass is 10.1. The Labute approximate surface area is 102 Å². The Morgan fingerprint density at radius 1 is 1.38 bits per heavy atom. The fraction of sp³-hybridized carbons (Fsp3) is 0.667. The van der Waals surface area contributed by atoms with E-state index in [9.17, 15) is 14.4 Å². The van der Waals surface area contributed by atoms with Crippen molar-refractivity contribution in [2.24, 2.45) is 0 Å². The Morgan fingerprint density at radius 2 is 1.94 bits per heavy atom. The summed E-state index contributed by atoms with van der Waals surface area (Å²) < 4.78 is 0. The normalized spacial score (nSPS) is 25.8. The van der Waals surface area contributed by atoms with Gasteiger partial charge in [-0.3, -0.25) is 14.9 Å². The molecule has 1 saturated heterocycles. The van der Waals surface area contributed by atoms with Crippen molar-refractivity contribution in [2.75, 3.05) is 0 Å². The number of rotatable bonds is 1. The molecule has 0 aliphatic carbocycles. The van der Waals surface area contributed by atoms with Gasteiger partial charge >= 0.3 is 6.03 Å². The van der Waals surface area contributed by atoms with Crippen LogP contribution in [-0.4, -0.2) is 34.3 Å². The highest BCUT2D eigenvalue weighted by molar-refractivity contribution is 9.10. The number of nitrogens with one attached hydrogen (secondary N) is 3. The Kier molecular flexibility index (Phi) is 3.57. The van der Waals surface area contributed by atoms with E-state index in [-0.39, 0.29) is 0 Å². The number of carbonyl (C=O) groups excluding carboxylic acids is 3. The smallest absolute Gasteiger partial charge is 0.322 e. The van der Waals surface area contributed by atoms with Gasteiger partial charge < -0.3 is 10.6 Å². The van der Waals surface area contributed by atoms with Crippen LogP contribution in [0.25, 0.3) is 0 Å². The second-order valence-corrected chi connectivity index (χ2v) is 5.57. The summed E-state index contributed by atoms with van der Waals surface area (Å²) in [5.74, 6) is -0.907. The number of hydrogen-bond donors (Lipinski definition) is 3. The van der Waals surface area contributed by atoms with Crippen LogP contribution < -0.4 is 16.0 Å². The first kappa shape index (κ1) is 13.0. The van der Waals surface area contributed by atoms with Crippen LogP contribution in [0.15, 0.2) is 0 Å². The van der Waals surface area contributed by atoms with Crippen LogP contribution in [0.4, 0.5) is 4.79 Å². The van der Waals surface area contributed by atoms with Gasteiger partial charge in [-0.05, 0) is 20.8 Å². The minimum Gasteiger partial charge on any atom is -0.350 e. The zero-order chi connectivity index (χ0) is 12.5. The molecule has 16 heavy (non-hydrogen) atoms. The number of imide groups is 1. The summed E-state index contributed by atoms with van der Waals surface area (Å²) in [6, 6.07) is -1.55. The molecule has 1 rings (SSSR count). The maximum Gasteiger partial charge on any atom is 0.322 e. The molecule has 7 heteroatoms. The van der Waals surface area contributed by atoms with Crippen molar-refractivity contribution in [3.8, 4) is 0 Å². The second kappa shape index (κ2) is 4.40. The average molecular weight is 292 g/mol. The van der Waals surface area contributed by atoms with E-state index >= 15 is 0 Å². The zero-order valence-electron chi connectivity index (χ0n) is 9.26. The molecule has 0 spiro atoms. The average Bonchev–Trinajstić information content (AvgIpc) is 2.08. The maximum atomic E-state index is 11.8. The first-order valence-electron chi connectivity index (χ1n) is 4.78. The van der Waals surface area contributed by atoms with E-state index < -0.39 is 34.3 Å². The number of carbonyl (C=O) groups is 3. The molecule has 0 aromatic carbocycles. The molecule has 1 heterocycles. The van der Waals surface area contributed by atoms with Crippen LogP contribution in [0, 0.1) is 0 Å². The summed E-state index contributed by atoms with van der Waals surface area (Å²) in [5.41, 5.74) is -0.414. The monoisotopic (exact) mass is 291 g/mol. The van der Waals surface area contributed by atoms with Gasteiger partial charge in [-0.1, -0.05) is 15.9 Å². The van der Waals surface area contributed by atoms with Gasteiger partial charge in [0, 0.05) is 5.54 Å². The topological polar surface area (TPSA) is 87.3 Å². The zero-order valence-corrected chi connectivity index (χ0v) is 10.8. The SMILES string of the molecule is CC(C)(C)NC(=O)C1NC(=O)NC(=O)C1Br. The first-order chi connectivity index (χ1) is 7.20. The minimum absolute atomic E-state index is 0.391. The van der Waals surface area contributed by atoms with Crippen LogP contribution >= 0.6 is 15.9 Å². The molecule has 1 aliphatic rings. The molecule has 3 N–H and O–H groups in total. The lowest BCUT2D eigenvalue weighted by molar-refractivity contribution is -0.129. The third-order valence-electron chi connectivity index (χ3n) is 1.85. The molecule has 4 amide bonds. The fourth-order valence-corrected chi connectivity index (χ4v) is 1.72. The van der Waals surface area contributed by atoms with Crippen molar-refractivity contribution >= 4 is 33.8 Å². The fourth-order valence-electron chi connectivity index (χ4n) is 1.23. The summed E-state index contributed by atoms with van der Waals surface area (Å²) in [7, 11) is 0. The Bertz CT molecular complexity index is 337. The molecule has 1 aliphatic heterocycles. The van der Waals surface area contributed by atoms with E-state index in [1.54, 1.807) is 0 Å². The third kappa shape index (κ3) is 3.19. The van der Waals surface area contributed by atoms with E-state index in [1.165, 1.54) is 0 Å². The molecule has 0 bridgehead atoms. The van der Waals surface area contributed by atoms with Gasteiger partial charge in [0.05, 0.1) is 0 Å². The highest BCUT2D eigenvalue weighted by atomic mass is 79.9. The molecule has 1 fully saturated rings. The molecule has 6 nitrogen and oxygen atoms in total. The van der Waals surface area contributed by atoms with Crippen LogP contribution in [0.5, 0.6) is 0 Å². The first-order valence-corrected chi connectivity index (χ1v) is 5.70. The Balaban J connectivity index is 2.74. The number of urea groups is 1. The van der Waals surface area contributed by atoms with Gasteiger partial charge in [0.15, 0.2) is 0 Å². The predicted molar refractivity (Wildman–Crippen MR) is 61.1 cm³/mol. The van der Waals surface area contributed by atoms with Crippen molar-refractivity contribution in [1.82, 2.24) is 16.0 Å². The molecule has 0 aromatic heterocycles. The van der Waals surface area contributed by atoms with Crippen molar-refractivity contribution < 1.29 is 14.4 Å². The quantitative estimate of drug-likeness (QED) is 0.588. The Morgan fingerprint density at radius 3 is 2.44 bits per heavy atom. The van der Waals surface area contributed by atoms with Gasteiger partial charge in [0.25, 0.3) is 0 Å². The van der Waals surface area contributed by atoms with Crippen molar-refractivity contribution in [3.05, 3.63) is 0 Å². The van der Waals surface area contributed by atoms with Gasteiger partial charge in [0.1, 0.15) is 10.9 Å². The summed E-state index contributed by atoms with van der Waals surface area (Å²) in [5, 5.41) is 7.15. The van der Waals surface area contributed by atoms with E-state index in [1.807, 2.05) is 20.8 Å². The van der Waals surface area contributed by atoms with E-state index in [2.05, 4.69) is 31.9 Å². The largest absolute Gasteiger partial charge is 0.350 e. The van der Waals surface area contributed by atoms with Crippen molar-refractivity contribution in [1.29, 1.82) is 0 Å². The lowest BCUT2D eigenvalue weighted by Crippen LogP contribution is -2.65. The number of amides is 4. The molecule has 0 radical (unpaired) electrons.